The van der Waals surface area contributed by atoms with Gasteiger partial charge in [-0.05, 0) is 36.2 Å². The molecule has 110 valence electrons. The van der Waals surface area contributed by atoms with Crippen LogP contribution in [0, 0.1) is 6.92 Å². The Labute approximate surface area is 132 Å². The highest BCUT2D eigenvalue weighted by Crippen LogP contribution is 2.29. The van der Waals surface area contributed by atoms with Crippen LogP contribution in [0.3, 0.4) is 0 Å². The fraction of sp³-hybridized carbons (Fsp3) is 0.0588. The minimum absolute atomic E-state index is 0.231. The Hall–Kier alpha value is -2.59. The van der Waals surface area contributed by atoms with E-state index in [9.17, 15) is 4.79 Å². The number of aryl methyl sites for hydroxylation is 1. The number of benzene rings is 2. The summed E-state index contributed by atoms with van der Waals surface area (Å²) in [5.41, 5.74) is 3.07. The summed E-state index contributed by atoms with van der Waals surface area (Å²) in [6.45, 7) is 1.88. The summed E-state index contributed by atoms with van der Waals surface area (Å²) in [6, 6.07) is 14.6. The molecule has 3 aromatic rings. The predicted molar refractivity (Wildman–Crippen MR) is 86.1 cm³/mol. The largest absolute Gasteiger partial charge is 0.338 e. The molecule has 2 aromatic carbocycles. The highest BCUT2D eigenvalue weighted by Gasteiger charge is 2.15. The van der Waals surface area contributed by atoms with E-state index >= 15 is 0 Å². The molecule has 0 radical (unpaired) electrons. The van der Waals surface area contributed by atoms with Crippen LogP contribution in [0.25, 0.3) is 11.1 Å². The molecule has 0 saturated heterocycles. The SMILES string of the molecule is Cc1ccccc1C(=O)Nc1oncc1-c1ccc(Cl)cc1. The van der Waals surface area contributed by atoms with Crippen LogP contribution in [0.4, 0.5) is 5.88 Å². The number of carbonyl (C=O) groups is 1. The average molecular weight is 313 g/mol. The number of nitrogens with one attached hydrogen (secondary N) is 1. The van der Waals surface area contributed by atoms with Gasteiger partial charge in [0.25, 0.3) is 5.91 Å². The first-order valence-corrected chi connectivity index (χ1v) is 7.10. The van der Waals surface area contributed by atoms with Crippen LogP contribution in [0.1, 0.15) is 15.9 Å². The van der Waals surface area contributed by atoms with Crippen molar-refractivity contribution in [2.45, 2.75) is 6.92 Å². The van der Waals surface area contributed by atoms with E-state index in [0.717, 1.165) is 11.1 Å². The first kappa shape index (κ1) is 14.4. The molecule has 1 N–H and O–H groups in total. The van der Waals surface area contributed by atoms with Crippen LogP contribution in [0.15, 0.2) is 59.3 Å². The lowest BCUT2D eigenvalue weighted by Crippen LogP contribution is -2.13. The molecule has 1 amide bonds. The van der Waals surface area contributed by atoms with E-state index < -0.39 is 0 Å². The third-order valence-corrected chi connectivity index (χ3v) is 3.59. The van der Waals surface area contributed by atoms with E-state index in [-0.39, 0.29) is 5.91 Å². The highest BCUT2D eigenvalue weighted by molar-refractivity contribution is 6.30. The van der Waals surface area contributed by atoms with E-state index in [0.29, 0.717) is 22.0 Å². The fourth-order valence-electron chi connectivity index (χ4n) is 2.16. The number of hydrogen-bond acceptors (Lipinski definition) is 3. The zero-order valence-electron chi connectivity index (χ0n) is 11.8. The third-order valence-electron chi connectivity index (χ3n) is 3.34. The summed E-state index contributed by atoms with van der Waals surface area (Å²) in [6.07, 6.45) is 1.57. The predicted octanol–water partition coefficient (Wildman–Crippen LogP) is 4.56. The number of carbonyl (C=O) groups excluding carboxylic acids is 1. The van der Waals surface area contributed by atoms with Crippen molar-refractivity contribution in [1.82, 2.24) is 5.16 Å². The minimum atomic E-state index is -0.231. The third kappa shape index (κ3) is 2.87. The van der Waals surface area contributed by atoms with Gasteiger partial charge in [-0.1, -0.05) is 47.1 Å². The van der Waals surface area contributed by atoms with E-state index in [2.05, 4.69) is 10.5 Å². The van der Waals surface area contributed by atoms with Crippen molar-refractivity contribution in [1.29, 1.82) is 0 Å². The van der Waals surface area contributed by atoms with Gasteiger partial charge in [-0.3, -0.25) is 10.1 Å². The molecule has 22 heavy (non-hydrogen) atoms. The molecule has 0 aliphatic carbocycles. The summed E-state index contributed by atoms with van der Waals surface area (Å²) in [7, 11) is 0. The molecule has 1 aromatic heterocycles. The number of amides is 1. The lowest BCUT2D eigenvalue weighted by Gasteiger charge is -2.06. The van der Waals surface area contributed by atoms with E-state index in [1.165, 1.54) is 0 Å². The Balaban J connectivity index is 1.88. The van der Waals surface area contributed by atoms with Crippen LogP contribution in [-0.2, 0) is 0 Å². The van der Waals surface area contributed by atoms with Gasteiger partial charge in [-0.2, -0.15) is 0 Å². The molecule has 0 unspecified atom stereocenters. The second-order valence-electron chi connectivity index (χ2n) is 4.84. The van der Waals surface area contributed by atoms with Crippen LogP contribution in [-0.4, -0.2) is 11.1 Å². The molecule has 0 fully saturated rings. The summed E-state index contributed by atoms with van der Waals surface area (Å²) in [5, 5.41) is 7.17. The maximum absolute atomic E-state index is 12.4. The molecule has 0 spiro atoms. The normalized spacial score (nSPS) is 10.5. The zero-order valence-corrected chi connectivity index (χ0v) is 12.6. The second-order valence-corrected chi connectivity index (χ2v) is 5.28. The van der Waals surface area contributed by atoms with Crippen molar-refractivity contribution < 1.29 is 9.32 Å². The summed E-state index contributed by atoms with van der Waals surface area (Å²) < 4.78 is 5.17. The molecule has 0 aliphatic rings. The molecule has 0 aliphatic heterocycles. The second kappa shape index (κ2) is 6.03. The van der Waals surface area contributed by atoms with Crippen molar-refractivity contribution in [2.24, 2.45) is 0 Å². The Bertz CT molecular complexity index is 810. The lowest BCUT2D eigenvalue weighted by molar-refractivity contribution is 0.102. The Morgan fingerprint density at radius 2 is 1.86 bits per heavy atom. The van der Waals surface area contributed by atoms with Gasteiger partial charge >= 0.3 is 0 Å². The highest BCUT2D eigenvalue weighted by atomic mass is 35.5. The Morgan fingerprint density at radius 1 is 1.14 bits per heavy atom. The molecule has 3 rings (SSSR count). The summed E-state index contributed by atoms with van der Waals surface area (Å²) >= 11 is 5.89. The van der Waals surface area contributed by atoms with Crippen molar-refractivity contribution in [3.63, 3.8) is 0 Å². The van der Waals surface area contributed by atoms with Crippen LogP contribution >= 0.6 is 11.6 Å². The first-order valence-electron chi connectivity index (χ1n) is 6.73. The number of nitrogens with zero attached hydrogens (tertiary/aromatic N) is 1. The van der Waals surface area contributed by atoms with Gasteiger partial charge in [-0.15, -0.1) is 0 Å². The van der Waals surface area contributed by atoms with Crippen molar-refractivity contribution in [3.05, 3.63) is 70.9 Å². The van der Waals surface area contributed by atoms with Gasteiger partial charge in [0.1, 0.15) is 0 Å². The maximum Gasteiger partial charge on any atom is 0.258 e. The number of halogens is 1. The van der Waals surface area contributed by atoms with Gasteiger partial charge in [0.15, 0.2) is 0 Å². The zero-order chi connectivity index (χ0) is 15.5. The molecular weight excluding hydrogens is 300 g/mol. The molecule has 1 heterocycles. The summed E-state index contributed by atoms with van der Waals surface area (Å²) in [4.78, 5) is 12.4. The molecule has 4 nitrogen and oxygen atoms in total. The topological polar surface area (TPSA) is 55.1 Å². The quantitative estimate of drug-likeness (QED) is 0.771. The van der Waals surface area contributed by atoms with Crippen LogP contribution < -0.4 is 5.32 Å². The summed E-state index contributed by atoms with van der Waals surface area (Å²) in [5.74, 6) is 0.0839. The smallest absolute Gasteiger partial charge is 0.258 e. The van der Waals surface area contributed by atoms with E-state index in [1.807, 2.05) is 37.3 Å². The number of aromatic nitrogens is 1. The van der Waals surface area contributed by atoms with E-state index in [4.69, 9.17) is 16.1 Å². The fourth-order valence-corrected chi connectivity index (χ4v) is 2.29. The van der Waals surface area contributed by atoms with Crippen molar-refractivity contribution in [3.8, 4) is 11.1 Å². The average Bonchev–Trinajstić information content (AvgIpc) is 2.96. The molecule has 0 atom stereocenters. The Kier molecular flexibility index (Phi) is 3.94. The van der Waals surface area contributed by atoms with Crippen molar-refractivity contribution in [2.75, 3.05) is 5.32 Å². The standard InChI is InChI=1S/C17H13ClN2O2/c1-11-4-2-3-5-14(11)16(21)20-17-15(10-19-22-17)12-6-8-13(18)9-7-12/h2-10H,1H3,(H,20,21). The first-order chi connectivity index (χ1) is 10.6. The number of rotatable bonds is 3. The lowest BCUT2D eigenvalue weighted by atomic mass is 10.1. The van der Waals surface area contributed by atoms with Gasteiger partial charge < -0.3 is 4.52 Å². The molecule has 5 heteroatoms. The van der Waals surface area contributed by atoms with Gasteiger partial charge in [0, 0.05) is 10.6 Å². The van der Waals surface area contributed by atoms with Gasteiger partial charge in [-0.25, -0.2) is 0 Å². The molecule has 0 bridgehead atoms. The Morgan fingerprint density at radius 3 is 2.59 bits per heavy atom. The number of anilines is 1. The monoisotopic (exact) mass is 312 g/mol. The maximum atomic E-state index is 12.4. The van der Waals surface area contributed by atoms with Gasteiger partial charge in [0.2, 0.25) is 5.88 Å². The van der Waals surface area contributed by atoms with Crippen LogP contribution in [0.2, 0.25) is 5.02 Å². The van der Waals surface area contributed by atoms with Crippen molar-refractivity contribution >= 4 is 23.4 Å². The number of hydrogen-bond donors (Lipinski definition) is 1. The molecular formula is C17H13ClN2O2. The molecule has 0 saturated carbocycles. The minimum Gasteiger partial charge on any atom is -0.338 e. The van der Waals surface area contributed by atoms with E-state index in [1.54, 1.807) is 24.4 Å². The van der Waals surface area contributed by atoms with Crippen LogP contribution in [0.5, 0.6) is 0 Å². The van der Waals surface area contributed by atoms with Gasteiger partial charge in [0.05, 0.1) is 11.8 Å².